The van der Waals surface area contributed by atoms with Crippen molar-refractivity contribution in [1.29, 1.82) is 0 Å². The van der Waals surface area contributed by atoms with Crippen LogP contribution in [0, 0.1) is 0 Å². The van der Waals surface area contributed by atoms with Crippen molar-refractivity contribution >= 4 is 131 Å². The second-order valence-electron chi connectivity index (χ2n) is 24.2. The van der Waals surface area contributed by atoms with Gasteiger partial charge in [-0.15, -0.1) is 0 Å². The Kier molecular flexibility index (Phi) is 12.7. The number of fused-ring (bicyclic) bond motifs is 16. The summed E-state index contributed by atoms with van der Waals surface area (Å²) in [5.74, 6) is 0. The Hall–Kier alpha value is -13.2. The van der Waals surface area contributed by atoms with Gasteiger partial charge in [0.05, 0.1) is 94.7 Å². The predicted octanol–water partition coefficient (Wildman–Crippen LogP) is 21.2. The summed E-state index contributed by atoms with van der Waals surface area (Å²) in [6, 6.07) is 98.5. The highest BCUT2D eigenvalue weighted by atomic mass is 14.8. The van der Waals surface area contributed by atoms with Crippen molar-refractivity contribution in [3.8, 4) is 67.4 Å². The van der Waals surface area contributed by atoms with Gasteiger partial charge in [0.15, 0.2) is 0 Å². The normalized spacial score (nSPS) is 11.8. The molecule has 10 aromatic heterocycles. The molecule has 0 aliphatic rings. The summed E-state index contributed by atoms with van der Waals surface area (Å²) in [5, 5.41) is 12.9. The van der Waals surface area contributed by atoms with Gasteiger partial charge in [-0.2, -0.15) is 0 Å². The number of hydrogen-bond donors (Lipinski definition) is 0. The monoisotopic (exact) mass is 1220 g/mol. The molecule has 10 heteroatoms. The molecule has 0 radical (unpaired) electrons. The number of para-hydroxylation sites is 2. The minimum Gasteiger partial charge on any atom is -0.256 e. The number of aromatic nitrogens is 10. The zero-order valence-electron chi connectivity index (χ0n) is 51.3. The number of rotatable bonds is 6. The van der Waals surface area contributed by atoms with Crippen molar-refractivity contribution in [3.63, 3.8) is 0 Å². The Morgan fingerprint density at radius 2 is 0.573 bits per heavy atom. The van der Waals surface area contributed by atoms with Crippen LogP contribution in [0.2, 0.25) is 0 Å². The molecule has 0 N–H and O–H groups in total. The minimum atomic E-state index is 0.813. The van der Waals surface area contributed by atoms with Crippen LogP contribution in [0.4, 0.5) is 0 Å². The van der Waals surface area contributed by atoms with E-state index < -0.39 is 0 Å². The SMILES string of the molecule is c1ccc(-c2c3ccccc3nc3c2ccc2ccc(-c4ccc(-c5ccc6ccc7cccnc7c6n5)c5cccnc45)nc23)cc1.c1ccc(-c2c3ccccc3nc3c2ccc2ccc(-c4ccc5cc(-c6ccc7ccc8cccnc8c7n6)ccc5n4)nc23)cc1. The Bertz CT molecular complexity index is 6600. The molecule has 96 heavy (non-hydrogen) atoms. The molecule has 0 unspecified atom stereocenters. The van der Waals surface area contributed by atoms with Gasteiger partial charge < -0.3 is 0 Å². The molecular formula is C86H50N10. The van der Waals surface area contributed by atoms with Gasteiger partial charge in [-0.1, -0.05) is 206 Å². The topological polar surface area (TPSA) is 129 Å². The van der Waals surface area contributed by atoms with Gasteiger partial charge in [-0.05, 0) is 90.0 Å². The molecule has 0 aliphatic heterocycles. The number of hydrogen-bond acceptors (Lipinski definition) is 10. The van der Waals surface area contributed by atoms with Crippen LogP contribution < -0.4 is 0 Å². The molecule has 20 aromatic rings. The van der Waals surface area contributed by atoms with Crippen molar-refractivity contribution in [2.45, 2.75) is 0 Å². The molecule has 0 bridgehead atoms. The molecule has 0 spiro atoms. The summed E-state index contributed by atoms with van der Waals surface area (Å²) in [7, 11) is 0. The van der Waals surface area contributed by atoms with E-state index >= 15 is 0 Å². The van der Waals surface area contributed by atoms with Gasteiger partial charge in [0.1, 0.15) is 0 Å². The second kappa shape index (κ2) is 22.3. The van der Waals surface area contributed by atoms with Crippen LogP contribution in [0.3, 0.4) is 0 Å². The highest BCUT2D eigenvalue weighted by molar-refractivity contribution is 6.18. The maximum Gasteiger partial charge on any atom is 0.0978 e. The van der Waals surface area contributed by atoms with Gasteiger partial charge in [-0.3, -0.25) is 15.0 Å². The molecule has 0 saturated heterocycles. The van der Waals surface area contributed by atoms with E-state index in [1.165, 1.54) is 11.1 Å². The van der Waals surface area contributed by atoms with Crippen molar-refractivity contribution in [3.05, 3.63) is 304 Å². The fourth-order valence-corrected chi connectivity index (χ4v) is 14.0. The maximum atomic E-state index is 5.32. The summed E-state index contributed by atoms with van der Waals surface area (Å²) in [6.07, 6.45) is 5.49. The first-order valence-electron chi connectivity index (χ1n) is 32.0. The van der Waals surface area contributed by atoms with Crippen molar-refractivity contribution in [1.82, 2.24) is 49.8 Å². The number of nitrogens with zero attached hydrogens (tertiary/aromatic N) is 10. The van der Waals surface area contributed by atoms with Crippen LogP contribution in [0.25, 0.3) is 198 Å². The Balaban J connectivity index is 0.000000135. The number of pyridine rings is 10. The third-order valence-electron chi connectivity index (χ3n) is 18.6. The summed E-state index contributed by atoms with van der Waals surface area (Å²) in [4.78, 5) is 50.3. The van der Waals surface area contributed by atoms with E-state index in [1.807, 2.05) is 55.0 Å². The highest BCUT2D eigenvalue weighted by Crippen LogP contribution is 2.42. The maximum absolute atomic E-state index is 5.32. The first-order chi connectivity index (χ1) is 47.6. The molecule has 0 saturated carbocycles. The molecule has 0 amide bonds. The standard InChI is InChI=1S/2C43H25N5/c1-2-8-26(9-3-1)38-32-11-4-5-13-35(32)48-43-34(38)19-16-29-18-23-37(47-41(29)43)33-21-20-30(31-12-7-25-45-42(31)33)36-22-17-28-15-14-27-10-6-24-44-39(27)40(28)46-36;1-2-7-26(8-3-1)39-32-10-4-5-11-36(32)47-43-33(39)19-14-29-16-22-38(48-42(29)43)37-23-18-30-25-31(17-21-34(30)45-37)35-20-15-28-13-12-27-9-6-24-44-40(27)41(28)46-35/h2*1-25H. The first kappa shape index (κ1) is 54.5. The fourth-order valence-electron chi connectivity index (χ4n) is 14.0. The molecule has 20 rings (SSSR count). The molecule has 10 aromatic carbocycles. The van der Waals surface area contributed by atoms with Crippen LogP contribution >= 0.6 is 0 Å². The minimum absolute atomic E-state index is 0.813. The lowest BCUT2D eigenvalue weighted by atomic mass is 9.95. The Morgan fingerprint density at radius 1 is 0.177 bits per heavy atom. The zero-order chi connectivity index (χ0) is 63.2. The van der Waals surface area contributed by atoms with E-state index in [9.17, 15) is 0 Å². The lowest BCUT2D eigenvalue weighted by Gasteiger charge is -2.14. The lowest BCUT2D eigenvalue weighted by molar-refractivity contribution is 1.32. The van der Waals surface area contributed by atoms with Crippen LogP contribution in [-0.2, 0) is 0 Å². The average molecular weight is 1220 g/mol. The van der Waals surface area contributed by atoms with Gasteiger partial charge >= 0.3 is 0 Å². The van der Waals surface area contributed by atoms with E-state index in [1.54, 1.807) is 0 Å². The van der Waals surface area contributed by atoms with Crippen molar-refractivity contribution in [2.24, 2.45) is 0 Å². The predicted molar refractivity (Wildman–Crippen MR) is 394 cm³/mol. The molecule has 10 nitrogen and oxygen atoms in total. The quantitative estimate of drug-likeness (QED) is 0.117. The highest BCUT2D eigenvalue weighted by Gasteiger charge is 2.20. The van der Waals surface area contributed by atoms with E-state index in [-0.39, 0.29) is 0 Å². The van der Waals surface area contributed by atoms with E-state index in [2.05, 4.69) is 259 Å². The average Bonchev–Trinajstić information content (AvgIpc) is 0.754. The van der Waals surface area contributed by atoms with Crippen LogP contribution in [0.5, 0.6) is 0 Å². The molecule has 0 aliphatic carbocycles. The third kappa shape index (κ3) is 9.18. The lowest BCUT2D eigenvalue weighted by Crippen LogP contribution is -1.95. The van der Waals surface area contributed by atoms with Crippen LogP contribution in [0.15, 0.2) is 304 Å². The van der Waals surface area contributed by atoms with Crippen LogP contribution in [-0.4, -0.2) is 49.8 Å². The molecule has 0 fully saturated rings. The molecule has 10 heterocycles. The van der Waals surface area contributed by atoms with E-state index in [0.29, 0.717) is 0 Å². The Labute approximate surface area is 548 Å². The van der Waals surface area contributed by atoms with Gasteiger partial charge in [-0.25, -0.2) is 34.9 Å². The van der Waals surface area contributed by atoms with Gasteiger partial charge in [0.2, 0.25) is 0 Å². The second-order valence-corrected chi connectivity index (χ2v) is 24.2. The Morgan fingerprint density at radius 3 is 1.15 bits per heavy atom. The summed E-state index contributed by atoms with van der Waals surface area (Å²) in [6.45, 7) is 0. The summed E-state index contributed by atoms with van der Waals surface area (Å²) < 4.78 is 0. The molecular weight excluding hydrogens is 1170 g/mol. The fraction of sp³-hybridized carbons (Fsp3) is 0. The first-order valence-corrected chi connectivity index (χ1v) is 32.0. The zero-order valence-corrected chi connectivity index (χ0v) is 51.3. The molecule has 0 atom stereocenters. The van der Waals surface area contributed by atoms with E-state index in [0.717, 1.165) is 187 Å². The largest absolute Gasteiger partial charge is 0.256 e. The van der Waals surface area contributed by atoms with Gasteiger partial charge in [0, 0.05) is 111 Å². The third-order valence-corrected chi connectivity index (χ3v) is 18.6. The van der Waals surface area contributed by atoms with Crippen LogP contribution in [0.1, 0.15) is 0 Å². The van der Waals surface area contributed by atoms with E-state index in [4.69, 9.17) is 39.9 Å². The smallest absolute Gasteiger partial charge is 0.0978 e. The molecule has 444 valence electrons. The van der Waals surface area contributed by atoms with Crippen molar-refractivity contribution < 1.29 is 0 Å². The number of benzene rings is 10. The van der Waals surface area contributed by atoms with Crippen molar-refractivity contribution in [2.75, 3.05) is 0 Å². The summed E-state index contributed by atoms with van der Waals surface area (Å²) in [5.41, 5.74) is 22.8. The summed E-state index contributed by atoms with van der Waals surface area (Å²) >= 11 is 0. The van der Waals surface area contributed by atoms with Gasteiger partial charge in [0.25, 0.3) is 0 Å².